The van der Waals surface area contributed by atoms with Gasteiger partial charge in [-0.15, -0.1) is 0 Å². The van der Waals surface area contributed by atoms with Crippen LogP contribution in [0.5, 0.6) is 5.75 Å². The third-order valence-electron chi connectivity index (χ3n) is 3.13. The summed E-state index contributed by atoms with van der Waals surface area (Å²) < 4.78 is 7.60. The summed E-state index contributed by atoms with van der Waals surface area (Å²) in [6.45, 7) is 8.87. The molecule has 0 saturated heterocycles. The number of rotatable bonds is 6. The Balaban J connectivity index is 1.85. The fraction of sp³-hybridized carbons (Fsp3) is 0.471. The van der Waals surface area contributed by atoms with Crippen molar-refractivity contribution < 1.29 is 9.53 Å². The Morgan fingerprint density at radius 2 is 2.08 bits per heavy atom. The molecule has 0 aliphatic heterocycles. The number of carbonyl (C=O) groups is 1. The summed E-state index contributed by atoms with van der Waals surface area (Å²) in [5.74, 6) is 0.779. The standard InChI is InChI=1S/C17H25N5O2/c1-13(10-22-12-18-11-20-22)21-16(23)19-9-14-7-5-6-8-15(14)24-17(2,3)4/h5-8,11-13H,9-10H2,1-4H3,(H2,19,21,23)/t13-/m0/s1. The van der Waals surface area contributed by atoms with E-state index in [1.165, 1.54) is 6.33 Å². The first kappa shape index (κ1) is 17.8. The van der Waals surface area contributed by atoms with Crippen LogP contribution < -0.4 is 15.4 Å². The van der Waals surface area contributed by atoms with Crippen LogP contribution in [-0.4, -0.2) is 32.4 Å². The van der Waals surface area contributed by atoms with Gasteiger partial charge in [0.1, 0.15) is 24.0 Å². The van der Waals surface area contributed by atoms with Crippen LogP contribution in [0.25, 0.3) is 0 Å². The van der Waals surface area contributed by atoms with Gasteiger partial charge in [-0.1, -0.05) is 18.2 Å². The van der Waals surface area contributed by atoms with Gasteiger partial charge >= 0.3 is 6.03 Å². The van der Waals surface area contributed by atoms with Gasteiger partial charge in [0, 0.05) is 18.2 Å². The highest BCUT2D eigenvalue weighted by molar-refractivity contribution is 5.74. The summed E-state index contributed by atoms with van der Waals surface area (Å²) in [5, 5.41) is 9.76. The van der Waals surface area contributed by atoms with Gasteiger partial charge in [0.25, 0.3) is 0 Å². The van der Waals surface area contributed by atoms with Gasteiger partial charge in [-0.2, -0.15) is 5.10 Å². The maximum Gasteiger partial charge on any atom is 0.315 e. The first-order valence-electron chi connectivity index (χ1n) is 7.97. The molecule has 24 heavy (non-hydrogen) atoms. The molecule has 1 aromatic carbocycles. The Morgan fingerprint density at radius 3 is 2.75 bits per heavy atom. The number of benzene rings is 1. The number of urea groups is 1. The molecule has 0 spiro atoms. The summed E-state index contributed by atoms with van der Waals surface area (Å²) in [5.41, 5.74) is 0.650. The summed E-state index contributed by atoms with van der Waals surface area (Å²) in [6.07, 6.45) is 3.09. The Hall–Kier alpha value is -2.57. The molecule has 0 saturated carbocycles. The number of aromatic nitrogens is 3. The van der Waals surface area contributed by atoms with Crippen LogP contribution in [0.2, 0.25) is 0 Å². The molecule has 2 N–H and O–H groups in total. The molecular formula is C17H25N5O2. The van der Waals surface area contributed by atoms with Gasteiger partial charge in [-0.05, 0) is 33.8 Å². The molecule has 0 fully saturated rings. The second kappa shape index (κ2) is 7.81. The van der Waals surface area contributed by atoms with Crippen molar-refractivity contribution in [2.24, 2.45) is 0 Å². The van der Waals surface area contributed by atoms with E-state index in [2.05, 4.69) is 20.7 Å². The Morgan fingerprint density at radius 1 is 1.33 bits per heavy atom. The lowest BCUT2D eigenvalue weighted by Gasteiger charge is -2.23. The fourth-order valence-electron chi connectivity index (χ4n) is 2.18. The normalized spacial score (nSPS) is 12.5. The van der Waals surface area contributed by atoms with Gasteiger partial charge in [-0.3, -0.25) is 4.68 Å². The Labute approximate surface area is 142 Å². The molecule has 2 rings (SSSR count). The lowest BCUT2D eigenvalue weighted by Crippen LogP contribution is -2.42. The highest BCUT2D eigenvalue weighted by Gasteiger charge is 2.15. The Bertz CT molecular complexity index is 649. The van der Waals surface area contributed by atoms with E-state index >= 15 is 0 Å². The predicted octanol–water partition coefficient (Wildman–Crippen LogP) is 2.34. The molecule has 1 aromatic heterocycles. The van der Waals surface area contributed by atoms with E-state index in [-0.39, 0.29) is 17.7 Å². The van der Waals surface area contributed by atoms with Crippen LogP contribution in [0, 0.1) is 0 Å². The predicted molar refractivity (Wildman–Crippen MR) is 91.7 cm³/mol. The molecule has 1 heterocycles. The third-order valence-corrected chi connectivity index (χ3v) is 3.13. The van der Waals surface area contributed by atoms with Crippen LogP contribution in [0.4, 0.5) is 4.79 Å². The number of nitrogens with zero attached hydrogens (tertiary/aromatic N) is 3. The summed E-state index contributed by atoms with van der Waals surface area (Å²) in [6, 6.07) is 7.41. The topological polar surface area (TPSA) is 81.1 Å². The number of nitrogens with one attached hydrogen (secondary N) is 2. The largest absolute Gasteiger partial charge is 0.488 e. The molecule has 130 valence electrons. The van der Waals surface area contributed by atoms with Crippen molar-refractivity contribution in [3.63, 3.8) is 0 Å². The van der Waals surface area contributed by atoms with Gasteiger partial charge in [0.05, 0.1) is 6.54 Å². The number of ether oxygens (including phenoxy) is 1. The van der Waals surface area contributed by atoms with Crippen molar-refractivity contribution in [2.75, 3.05) is 0 Å². The van der Waals surface area contributed by atoms with Crippen LogP contribution in [0.1, 0.15) is 33.3 Å². The third kappa shape index (κ3) is 5.91. The molecular weight excluding hydrogens is 306 g/mol. The molecule has 2 aromatic rings. The van der Waals surface area contributed by atoms with E-state index in [1.54, 1.807) is 11.0 Å². The first-order chi connectivity index (χ1) is 11.3. The second-order valence-corrected chi connectivity index (χ2v) is 6.67. The van der Waals surface area contributed by atoms with E-state index in [0.29, 0.717) is 13.1 Å². The quantitative estimate of drug-likeness (QED) is 0.851. The highest BCUT2D eigenvalue weighted by Crippen LogP contribution is 2.22. The SMILES string of the molecule is C[C@@H](Cn1cncn1)NC(=O)NCc1ccccc1OC(C)(C)C. The van der Waals surface area contributed by atoms with E-state index < -0.39 is 0 Å². The van der Waals surface area contributed by atoms with E-state index in [9.17, 15) is 4.79 Å². The van der Waals surface area contributed by atoms with E-state index in [1.807, 2.05) is 52.0 Å². The number of carbonyl (C=O) groups excluding carboxylic acids is 1. The minimum atomic E-state index is -0.287. The van der Waals surface area contributed by atoms with Crippen LogP contribution in [-0.2, 0) is 13.1 Å². The van der Waals surface area contributed by atoms with Crippen LogP contribution >= 0.6 is 0 Å². The molecule has 0 unspecified atom stereocenters. The Kier molecular flexibility index (Phi) is 5.78. The first-order valence-corrected chi connectivity index (χ1v) is 7.97. The van der Waals surface area contributed by atoms with Crippen LogP contribution in [0.3, 0.4) is 0 Å². The smallest absolute Gasteiger partial charge is 0.315 e. The van der Waals surface area contributed by atoms with Gasteiger partial charge in [0.15, 0.2) is 0 Å². The monoisotopic (exact) mass is 331 g/mol. The minimum absolute atomic E-state index is 0.0623. The van der Waals surface area contributed by atoms with Crippen molar-refractivity contribution in [1.82, 2.24) is 25.4 Å². The maximum atomic E-state index is 12.0. The zero-order valence-electron chi connectivity index (χ0n) is 14.6. The minimum Gasteiger partial charge on any atom is -0.488 e. The summed E-state index contributed by atoms with van der Waals surface area (Å²) in [7, 11) is 0. The molecule has 0 radical (unpaired) electrons. The number of hydrogen-bond donors (Lipinski definition) is 2. The van der Waals surface area contributed by atoms with Gasteiger partial charge < -0.3 is 15.4 Å². The zero-order chi connectivity index (χ0) is 17.6. The molecule has 2 amide bonds. The number of hydrogen-bond acceptors (Lipinski definition) is 4. The number of amides is 2. The van der Waals surface area contributed by atoms with E-state index in [4.69, 9.17) is 4.74 Å². The van der Waals surface area contributed by atoms with Gasteiger partial charge in [0.2, 0.25) is 0 Å². The van der Waals surface area contributed by atoms with Crippen molar-refractivity contribution in [2.45, 2.75) is 52.4 Å². The lowest BCUT2D eigenvalue weighted by molar-refractivity contribution is 0.129. The van der Waals surface area contributed by atoms with Crippen molar-refractivity contribution in [3.05, 3.63) is 42.5 Å². The molecule has 0 bridgehead atoms. The molecule has 7 nitrogen and oxygen atoms in total. The van der Waals surface area contributed by atoms with Crippen LogP contribution in [0.15, 0.2) is 36.9 Å². The lowest BCUT2D eigenvalue weighted by atomic mass is 10.1. The van der Waals surface area contributed by atoms with Gasteiger partial charge in [-0.25, -0.2) is 9.78 Å². The van der Waals surface area contributed by atoms with Crippen molar-refractivity contribution in [1.29, 1.82) is 0 Å². The molecule has 0 aliphatic carbocycles. The van der Waals surface area contributed by atoms with Crippen molar-refractivity contribution in [3.8, 4) is 5.75 Å². The summed E-state index contributed by atoms with van der Waals surface area (Å²) in [4.78, 5) is 15.9. The van der Waals surface area contributed by atoms with Crippen molar-refractivity contribution >= 4 is 6.03 Å². The van der Waals surface area contributed by atoms with E-state index in [0.717, 1.165) is 11.3 Å². The zero-order valence-corrected chi connectivity index (χ0v) is 14.6. The fourth-order valence-corrected chi connectivity index (χ4v) is 2.18. The second-order valence-electron chi connectivity index (χ2n) is 6.67. The average molecular weight is 331 g/mol. The maximum absolute atomic E-state index is 12.0. The summed E-state index contributed by atoms with van der Waals surface area (Å²) >= 11 is 0. The molecule has 7 heteroatoms. The average Bonchev–Trinajstić information content (AvgIpc) is 2.97. The molecule has 0 aliphatic rings. The highest BCUT2D eigenvalue weighted by atomic mass is 16.5. The molecule has 1 atom stereocenters. The number of para-hydroxylation sites is 1.